The maximum Gasteiger partial charge on any atom is 0.264 e. The van der Waals surface area contributed by atoms with E-state index in [0.29, 0.717) is 12.1 Å². The van der Waals surface area contributed by atoms with Gasteiger partial charge in [-0.25, -0.2) is 8.42 Å². The van der Waals surface area contributed by atoms with Crippen LogP contribution in [0, 0.1) is 12.8 Å². The third kappa shape index (κ3) is 4.31. The predicted octanol–water partition coefficient (Wildman–Crippen LogP) is 3.73. The Bertz CT molecular complexity index is 1120. The Morgan fingerprint density at radius 3 is 2.61 bits per heavy atom. The molecule has 3 rings (SSSR count). The number of fused-ring (bicyclic) bond motifs is 1. The number of carbonyl (C=O) groups excluding carboxylic acids is 1. The van der Waals surface area contributed by atoms with E-state index in [1.165, 1.54) is 6.07 Å². The average Bonchev–Trinajstić information content (AvgIpc) is 2.65. The molecule has 28 heavy (non-hydrogen) atoms. The Labute approximate surface area is 165 Å². The molecule has 2 N–H and O–H groups in total. The summed E-state index contributed by atoms with van der Waals surface area (Å²) >= 11 is 0. The van der Waals surface area contributed by atoms with E-state index >= 15 is 0 Å². The first-order chi connectivity index (χ1) is 13.3. The number of pyridine rings is 1. The fourth-order valence-electron chi connectivity index (χ4n) is 2.82. The number of aryl methyl sites for hydroxylation is 1. The Balaban J connectivity index is 1.97. The van der Waals surface area contributed by atoms with Gasteiger partial charge in [0.05, 0.1) is 16.8 Å². The van der Waals surface area contributed by atoms with Crippen LogP contribution >= 0.6 is 0 Å². The highest BCUT2D eigenvalue weighted by atomic mass is 32.2. The average molecular weight is 398 g/mol. The third-order valence-electron chi connectivity index (χ3n) is 4.19. The number of rotatable bonds is 6. The van der Waals surface area contributed by atoms with Gasteiger partial charge in [0.25, 0.3) is 15.9 Å². The summed E-state index contributed by atoms with van der Waals surface area (Å²) in [5.41, 5.74) is 1.84. The number of hydrogen-bond acceptors (Lipinski definition) is 4. The topological polar surface area (TPSA) is 88.2 Å². The second-order valence-corrected chi connectivity index (χ2v) is 8.75. The van der Waals surface area contributed by atoms with E-state index in [-0.39, 0.29) is 28.0 Å². The van der Waals surface area contributed by atoms with E-state index < -0.39 is 10.0 Å². The third-order valence-corrected chi connectivity index (χ3v) is 5.58. The Morgan fingerprint density at radius 2 is 1.86 bits per heavy atom. The van der Waals surface area contributed by atoms with Gasteiger partial charge in [0.1, 0.15) is 4.90 Å². The summed E-state index contributed by atoms with van der Waals surface area (Å²) in [6, 6.07) is 13.4. The molecule has 6 nitrogen and oxygen atoms in total. The van der Waals surface area contributed by atoms with Crippen molar-refractivity contribution in [3.63, 3.8) is 0 Å². The summed E-state index contributed by atoms with van der Waals surface area (Å²) in [5, 5.41) is 3.56. The van der Waals surface area contributed by atoms with Crippen molar-refractivity contribution >= 4 is 32.5 Å². The fraction of sp³-hybridized carbons (Fsp3) is 0.238. The zero-order valence-corrected chi connectivity index (χ0v) is 16.9. The lowest BCUT2D eigenvalue weighted by atomic mass is 10.1. The van der Waals surface area contributed by atoms with Crippen LogP contribution in [-0.2, 0) is 10.0 Å². The summed E-state index contributed by atoms with van der Waals surface area (Å²) < 4.78 is 28.7. The molecule has 7 heteroatoms. The molecule has 0 bridgehead atoms. The molecule has 0 aliphatic rings. The van der Waals surface area contributed by atoms with E-state index in [2.05, 4.69) is 15.0 Å². The van der Waals surface area contributed by atoms with Gasteiger partial charge in [0.2, 0.25) is 0 Å². The number of carbonyl (C=O) groups is 1. The van der Waals surface area contributed by atoms with Crippen LogP contribution in [0.5, 0.6) is 0 Å². The molecule has 0 unspecified atom stereocenters. The molecule has 0 aliphatic heterocycles. The van der Waals surface area contributed by atoms with Gasteiger partial charge in [-0.3, -0.25) is 14.5 Å². The number of sulfonamides is 1. The normalized spacial score (nSPS) is 11.6. The summed E-state index contributed by atoms with van der Waals surface area (Å²) in [6.45, 7) is 6.39. The van der Waals surface area contributed by atoms with Gasteiger partial charge in [0, 0.05) is 18.1 Å². The fourth-order valence-corrected chi connectivity index (χ4v) is 4.08. The first-order valence-electron chi connectivity index (χ1n) is 9.03. The molecule has 1 heterocycles. The molecule has 0 aliphatic carbocycles. The Morgan fingerprint density at radius 1 is 1.11 bits per heavy atom. The molecule has 0 saturated heterocycles. The lowest BCUT2D eigenvalue weighted by Crippen LogP contribution is -2.28. The lowest BCUT2D eigenvalue weighted by Gasteiger charge is -2.14. The highest BCUT2D eigenvalue weighted by Gasteiger charge is 2.21. The molecular weight excluding hydrogens is 374 g/mol. The number of anilines is 1. The number of hydrogen-bond donors (Lipinski definition) is 2. The van der Waals surface area contributed by atoms with Crippen LogP contribution in [0.4, 0.5) is 5.69 Å². The molecule has 3 aromatic rings. The predicted molar refractivity (Wildman–Crippen MR) is 111 cm³/mol. The number of nitrogens with one attached hydrogen (secondary N) is 2. The second kappa shape index (κ2) is 7.98. The highest BCUT2D eigenvalue weighted by Crippen LogP contribution is 2.25. The quantitative estimate of drug-likeness (QED) is 0.663. The van der Waals surface area contributed by atoms with Gasteiger partial charge in [-0.15, -0.1) is 0 Å². The van der Waals surface area contributed by atoms with Gasteiger partial charge < -0.3 is 5.32 Å². The summed E-state index contributed by atoms with van der Waals surface area (Å²) in [4.78, 5) is 16.9. The lowest BCUT2D eigenvalue weighted by molar-refractivity contribution is 0.0950. The number of aromatic nitrogens is 1. The van der Waals surface area contributed by atoms with E-state index in [1.54, 1.807) is 36.5 Å². The Hall–Kier alpha value is -2.93. The highest BCUT2D eigenvalue weighted by molar-refractivity contribution is 7.93. The maximum atomic E-state index is 13.1. The minimum absolute atomic E-state index is 0.0717. The first kappa shape index (κ1) is 19.8. The molecule has 1 amide bonds. The van der Waals surface area contributed by atoms with Crippen molar-refractivity contribution in [1.82, 2.24) is 10.3 Å². The molecular formula is C21H23N3O3S. The zero-order valence-electron chi connectivity index (χ0n) is 16.1. The van der Waals surface area contributed by atoms with E-state index in [9.17, 15) is 13.2 Å². The first-order valence-corrected chi connectivity index (χ1v) is 10.5. The minimum atomic E-state index is -3.93. The summed E-state index contributed by atoms with van der Waals surface area (Å²) in [5.74, 6) is -0.0308. The van der Waals surface area contributed by atoms with E-state index in [1.807, 2.05) is 32.9 Å². The molecule has 0 fully saturated rings. The molecule has 0 saturated carbocycles. The van der Waals surface area contributed by atoms with Crippen molar-refractivity contribution in [1.29, 1.82) is 0 Å². The molecule has 1 aromatic heterocycles. The maximum absolute atomic E-state index is 13.1. The summed E-state index contributed by atoms with van der Waals surface area (Å²) in [6.07, 6.45) is 1.63. The van der Waals surface area contributed by atoms with E-state index in [4.69, 9.17) is 0 Å². The monoisotopic (exact) mass is 397 g/mol. The Kier molecular flexibility index (Phi) is 5.65. The molecule has 0 radical (unpaired) electrons. The van der Waals surface area contributed by atoms with Crippen molar-refractivity contribution in [2.24, 2.45) is 5.92 Å². The van der Waals surface area contributed by atoms with Crippen molar-refractivity contribution in [3.8, 4) is 0 Å². The van der Waals surface area contributed by atoms with Crippen LogP contribution in [0.1, 0.15) is 29.8 Å². The van der Waals surface area contributed by atoms with Crippen molar-refractivity contribution in [2.75, 3.05) is 11.3 Å². The van der Waals surface area contributed by atoms with Crippen LogP contribution in [0.25, 0.3) is 10.9 Å². The standard InChI is InChI=1S/C21H23N3O3S/c1-14(2)12-23-21(25)17-8-4-5-9-18(17)24-28(26,27)19-10-6-7-16-11-15(3)13-22-20(16)19/h4-11,13-14,24H,12H2,1-3H3,(H,23,25). The summed E-state index contributed by atoms with van der Waals surface area (Å²) in [7, 11) is -3.93. The number of para-hydroxylation sites is 2. The van der Waals surface area contributed by atoms with Gasteiger partial charge in [0.15, 0.2) is 0 Å². The number of benzene rings is 2. The van der Waals surface area contributed by atoms with Crippen molar-refractivity contribution in [3.05, 3.63) is 65.9 Å². The van der Waals surface area contributed by atoms with Gasteiger partial charge in [-0.05, 0) is 42.7 Å². The van der Waals surface area contributed by atoms with Gasteiger partial charge in [-0.2, -0.15) is 0 Å². The number of amides is 1. The molecule has 2 aromatic carbocycles. The largest absolute Gasteiger partial charge is 0.352 e. The van der Waals surface area contributed by atoms with Crippen LogP contribution in [-0.4, -0.2) is 25.9 Å². The van der Waals surface area contributed by atoms with Crippen LogP contribution < -0.4 is 10.0 Å². The SMILES string of the molecule is Cc1cnc2c(S(=O)(=O)Nc3ccccc3C(=O)NCC(C)C)cccc2c1. The molecule has 0 spiro atoms. The van der Waals surface area contributed by atoms with Gasteiger partial charge >= 0.3 is 0 Å². The smallest absolute Gasteiger partial charge is 0.264 e. The van der Waals surface area contributed by atoms with Crippen LogP contribution in [0.2, 0.25) is 0 Å². The van der Waals surface area contributed by atoms with Crippen molar-refractivity contribution < 1.29 is 13.2 Å². The second-order valence-electron chi connectivity index (χ2n) is 7.10. The minimum Gasteiger partial charge on any atom is -0.352 e. The zero-order chi connectivity index (χ0) is 20.3. The van der Waals surface area contributed by atoms with Crippen LogP contribution in [0.3, 0.4) is 0 Å². The van der Waals surface area contributed by atoms with Crippen molar-refractivity contribution in [2.45, 2.75) is 25.7 Å². The van der Waals surface area contributed by atoms with Crippen LogP contribution in [0.15, 0.2) is 59.6 Å². The molecule has 0 atom stereocenters. The van der Waals surface area contributed by atoms with Gasteiger partial charge in [-0.1, -0.05) is 38.1 Å². The molecule has 146 valence electrons. The number of nitrogens with zero attached hydrogens (tertiary/aromatic N) is 1. The van der Waals surface area contributed by atoms with E-state index in [0.717, 1.165) is 10.9 Å².